The number of nitrogens with one attached hydrogen (secondary N) is 1. The van der Waals surface area contributed by atoms with Crippen LogP contribution >= 0.6 is 11.8 Å². The van der Waals surface area contributed by atoms with Gasteiger partial charge < -0.3 is 10.1 Å². The fourth-order valence-electron chi connectivity index (χ4n) is 2.25. The molecule has 0 saturated carbocycles. The Balaban J connectivity index is 1.58. The molecule has 0 unspecified atom stereocenters. The van der Waals surface area contributed by atoms with Crippen molar-refractivity contribution in [1.29, 1.82) is 0 Å². The second kappa shape index (κ2) is 8.48. The van der Waals surface area contributed by atoms with Crippen LogP contribution in [0, 0.1) is 6.92 Å². The molecule has 0 aliphatic carbocycles. The number of hydrogen-bond acceptors (Lipinski definition) is 6. The van der Waals surface area contributed by atoms with Crippen molar-refractivity contribution in [3.8, 4) is 11.4 Å². The molecule has 1 amide bonds. The molecule has 0 saturated heterocycles. The maximum absolute atomic E-state index is 12.2. The molecule has 2 aromatic carbocycles. The van der Waals surface area contributed by atoms with Crippen LogP contribution in [0.1, 0.15) is 12.5 Å². The average Bonchev–Trinajstić information content (AvgIpc) is 3.11. The minimum Gasteiger partial charge on any atom is -0.494 e. The summed E-state index contributed by atoms with van der Waals surface area (Å²) in [6.07, 6.45) is 0. The molecule has 1 aromatic heterocycles. The first-order valence-electron chi connectivity index (χ1n) is 8.16. The van der Waals surface area contributed by atoms with E-state index in [1.165, 1.54) is 11.8 Å². The van der Waals surface area contributed by atoms with Gasteiger partial charge in [0.15, 0.2) is 0 Å². The molecule has 134 valence electrons. The molecule has 0 bridgehead atoms. The Morgan fingerprint density at radius 1 is 1.15 bits per heavy atom. The Morgan fingerprint density at radius 2 is 1.88 bits per heavy atom. The normalized spacial score (nSPS) is 10.5. The monoisotopic (exact) mass is 369 g/mol. The van der Waals surface area contributed by atoms with Gasteiger partial charge in [-0.2, -0.15) is 4.68 Å². The van der Waals surface area contributed by atoms with Crippen LogP contribution in [0.4, 0.5) is 5.69 Å². The molecule has 1 N–H and O–H groups in total. The lowest BCUT2D eigenvalue weighted by Crippen LogP contribution is -2.14. The number of anilines is 1. The summed E-state index contributed by atoms with van der Waals surface area (Å²) in [7, 11) is 0. The van der Waals surface area contributed by atoms with Gasteiger partial charge >= 0.3 is 0 Å². The van der Waals surface area contributed by atoms with Crippen molar-refractivity contribution in [3.05, 3.63) is 54.1 Å². The zero-order chi connectivity index (χ0) is 18.4. The van der Waals surface area contributed by atoms with Crippen molar-refractivity contribution in [3.63, 3.8) is 0 Å². The van der Waals surface area contributed by atoms with Gasteiger partial charge in [-0.25, -0.2) is 0 Å². The van der Waals surface area contributed by atoms with E-state index < -0.39 is 0 Å². The Bertz CT molecular complexity index is 862. The highest BCUT2D eigenvalue weighted by Gasteiger charge is 2.11. The van der Waals surface area contributed by atoms with E-state index in [0.717, 1.165) is 22.7 Å². The van der Waals surface area contributed by atoms with E-state index in [1.807, 2.05) is 62.4 Å². The van der Waals surface area contributed by atoms with Crippen LogP contribution in [-0.2, 0) is 4.79 Å². The highest BCUT2D eigenvalue weighted by molar-refractivity contribution is 7.99. The number of ether oxygens (including phenoxy) is 1. The average molecular weight is 369 g/mol. The molecule has 3 rings (SSSR count). The molecule has 8 heteroatoms. The van der Waals surface area contributed by atoms with E-state index >= 15 is 0 Å². The SMILES string of the molecule is CCOc1ccc(NC(=O)CSc2nnnn2-c2ccc(C)cc2)cc1. The predicted molar refractivity (Wildman–Crippen MR) is 101 cm³/mol. The Hall–Kier alpha value is -2.87. The van der Waals surface area contributed by atoms with Crippen molar-refractivity contribution >= 4 is 23.4 Å². The number of carbonyl (C=O) groups is 1. The van der Waals surface area contributed by atoms with Gasteiger partial charge in [0.2, 0.25) is 11.1 Å². The molecule has 0 fully saturated rings. The van der Waals surface area contributed by atoms with Gasteiger partial charge in [-0.05, 0) is 60.7 Å². The molecule has 0 radical (unpaired) electrons. The van der Waals surface area contributed by atoms with Crippen LogP contribution in [-0.4, -0.2) is 38.5 Å². The first-order chi connectivity index (χ1) is 12.7. The molecule has 26 heavy (non-hydrogen) atoms. The molecule has 0 aliphatic heterocycles. The molecular weight excluding hydrogens is 350 g/mol. The van der Waals surface area contributed by atoms with Crippen LogP contribution in [0.15, 0.2) is 53.7 Å². The zero-order valence-electron chi connectivity index (χ0n) is 14.5. The predicted octanol–water partition coefficient (Wildman–Crippen LogP) is 3.10. The number of rotatable bonds is 7. The van der Waals surface area contributed by atoms with Gasteiger partial charge in [-0.3, -0.25) is 4.79 Å². The first kappa shape index (κ1) is 17.9. The van der Waals surface area contributed by atoms with Gasteiger partial charge in [-0.15, -0.1) is 5.10 Å². The van der Waals surface area contributed by atoms with E-state index in [4.69, 9.17) is 4.74 Å². The van der Waals surface area contributed by atoms with E-state index in [9.17, 15) is 4.79 Å². The van der Waals surface area contributed by atoms with Crippen LogP contribution in [0.3, 0.4) is 0 Å². The summed E-state index contributed by atoms with van der Waals surface area (Å²) in [6, 6.07) is 15.1. The number of tetrazole rings is 1. The highest BCUT2D eigenvalue weighted by Crippen LogP contribution is 2.20. The molecule has 0 atom stereocenters. The number of carbonyl (C=O) groups excluding carboxylic acids is 1. The zero-order valence-corrected chi connectivity index (χ0v) is 15.4. The number of nitrogens with zero attached hydrogens (tertiary/aromatic N) is 4. The fourth-order valence-corrected chi connectivity index (χ4v) is 2.94. The van der Waals surface area contributed by atoms with E-state index in [1.54, 1.807) is 4.68 Å². The van der Waals surface area contributed by atoms with Gasteiger partial charge in [0.25, 0.3) is 0 Å². The molecule has 1 heterocycles. The summed E-state index contributed by atoms with van der Waals surface area (Å²) in [5.74, 6) is 0.856. The first-order valence-corrected chi connectivity index (χ1v) is 9.15. The Kier molecular flexibility index (Phi) is 5.85. The summed E-state index contributed by atoms with van der Waals surface area (Å²) < 4.78 is 7.00. The van der Waals surface area contributed by atoms with Gasteiger partial charge in [0.05, 0.1) is 18.0 Å². The standard InChI is InChI=1S/C18H19N5O2S/c1-3-25-16-10-6-14(7-11-16)19-17(24)12-26-18-20-21-22-23(18)15-8-4-13(2)5-9-15/h4-11H,3,12H2,1-2H3,(H,19,24). The summed E-state index contributed by atoms with van der Waals surface area (Å²) in [5, 5.41) is 15.1. The van der Waals surface area contributed by atoms with Crippen molar-refractivity contribution in [2.75, 3.05) is 17.7 Å². The van der Waals surface area contributed by atoms with Crippen molar-refractivity contribution in [1.82, 2.24) is 20.2 Å². The third-order valence-corrected chi connectivity index (χ3v) is 4.42. The summed E-state index contributed by atoms with van der Waals surface area (Å²) >= 11 is 1.28. The summed E-state index contributed by atoms with van der Waals surface area (Å²) in [6.45, 7) is 4.56. The maximum atomic E-state index is 12.2. The topological polar surface area (TPSA) is 81.9 Å². The molecule has 0 spiro atoms. The number of aryl methyl sites for hydroxylation is 1. The van der Waals surface area contributed by atoms with Crippen molar-refractivity contribution < 1.29 is 9.53 Å². The molecular formula is C18H19N5O2S. The van der Waals surface area contributed by atoms with E-state index in [-0.39, 0.29) is 11.7 Å². The number of thioether (sulfide) groups is 1. The maximum Gasteiger partial charge on any atom is 0.234 e. The van der Waals surface area contributed by atoms with Crippen molar-refractivity contribution in [2.24, 2.45) is 0 Å². The van der Waals surface area contributed by atoms with Gasteiger partial charge in [-0.1, -0.05) is 29.5 Å². The minimum atomic E-state index is -0.127. The van der Waals surface area contributed by atoms with Gasteiger partial charge in [0, 0.05) is 5.69 Å². The van der Waals surface area contributed by atoms with E-state index in [0.29, 0.717) is 11.8 Å². The van der Waals surface area contributed by atoms with Crippen LogP contribution in [0.25, 0.3) is 5.69 Å². The highest BCUT2D eigenvalue weighted by atomic mass is 32.2. The minimum absolute atomic E-state index is 0.127. The van der Waals surface area contributed by atoms with Gasteiger partial charge in [0.1, 0.15) is 5.75 Å². The fraction of sp³-hybridized carbons (Fsp3) is 0.222. The summed E-state index contributed by atoms with van der Waals surface area (Å²) in [4.78, 5) is 12.2. The third-order valence-electron chi connectivity index (χ3n) is 3.50. The van der Waals surface area contributed by atoms with Crippen LogP contribution in [0.2, 0.25) is 0 Å². The number of aromatic nitrogens is 4. The summed E-state index contributed by atoms with van der Waals surface area (Å²) in [5.41, 5.74) is 2.73. The van der Waals surface area contributed by atoms with Crippen molar-refractivity contribution in [2.45, 2.75) is 19.0 Å². The number of hydrogen-bond donors (Lipinski definition) is 1. The lowest BCUT2D eigenvalue weighted by Gasteiger charge is -2.07. The Morgan fingerprint density at radius 3 is 2.58 bits per heavy atom. The number of benzene rings is 2. The molecule has 0 aliphatic rings. The number of amides is 1. The second-order valence-electron chi connectivity index (χ2n) is 5.50. The second-order valence-corrected chi connectivity index (χ2v) is 6.45. The van der Waals surface area contributed by atoms with E-state index in [2.05, 4.69) is 20.8 Å². The molecule has 3 aromatic rings. The third kappa shape index (κ3) is 4.60. The lowest BCUT2D eigenvalue weighted by molar-refractivity contribution is -0.113. The smallest absolute Gasteiger partial charge is 0.234 e. The molecule has 7 nitrogen and oxygen atoms in total. The Labute approximate surface area is 155 Å². The lowest BCUT2D eigenvalue weighted by atomic mass is 10.2. The van der Waals surface area contributed by atoms with Crippen LogP contribution < -0.4 is 10.1 Å². The quantitative estimate of drug-likeness (QED) is 0.645. The largest absolute Gasteiger partial charge is 0.494 e. The van der Waals surface area contributed by atoms with Crippen LogP contribution in [0.5, 0.6) is 5.75 Å².